The summed E-state index contributed by atoms with van der Waals surface area (Å²) in [6, 6.07) is 2.95. The summed E-state index contributed by atoms with van der Waals surface area (Å²) in [6.07, 6.45) is 4.06. The van der Waals surface area contributed by atoms with Crippen LogP contribution < -0.4 is 19.6 Å². The number of benzene rings is 2. The third-order valence-electron chi connectivity index (χ3n) is 6.93. The summed E-state index contributed by atoms with van der Waals surface area (Å²) in [7, 11) is 1.52. The second-order valence-corrected chi connectivity index (χ2v) is 9.97. The number of hydrogen-bond acceptors (Lipinski definition) is 7. The fraction of sp³-hybridized carbons (Fsp3) is 0.346. The SMILES string of the molecule is COc1cc(O)c2c3c1OC(C)(C)[C@@H]3Cc1c-2oc2c3c(cc(O)c2c1=O)OC(C)(C)C=C3. The van der Waals surface area contributed by atoms with E-state index < -0.39 is 11.2 Å². The molecule has 2 aliphatic heterocycles. The molecule has 170 valence electrons. The maximum atomic E-state index is 13.7. The first-order valence-corrected chi connectivity index (χ1v) is 10.9. The van der Waals surface area contributed by atoms with E-state index in [1.165, 1.54) is 19.2 Å². The van der Waals surface area contributed by atoms with Crippen molar-refractivity contribution in [1.82, 2.24) is 0 Å². The zero-order chi connectivity index (χ0) is 23.4. The van der Waals surface area contributed by atoms with Gasteiger partial charge in [-0.25, -0.2) is 0 Å². The van der Waals surface area contributed by atoms with Gasteiger partial charge in [0.2, 0.25) is 0 Å². The first-order chi connectivity index (χ1) is 15.5. The van der Waals surface area contributed by atoms with E-state index in [2.05, 4.69) is 0 Å². The van der Waals surface area contributed by atoms with Crippen LogP contribution >= 0.6 is 0 Å². The highest BCUT2D eigenvalue weighted by molar-refractivity contribution is 5.96. The molecule has 3 heterocycles. The van der Waals surface area contributed by atoms with Crippen molar-refractivity contribution in [3.8, 4) is 40.1 Å². The van der Waals surface area contributed by atoms with Crippen molar-refractivity contribution >= 4 is 17.0 Å². The average molecular weight is 448 g/mol. The van der Waals surface area contributed by atoms with Crippen LogP contribution in [0.15, 0.2) is 27.4 Å². The summed E-state index contributed by atoms with van der Waals surface area (Å²) >= 11 is 0. The van der Waals surface area contributed by atoms with Gasteiger partial charge in [0, 0.05) is 29.2 Å². The molecule has 2 N–H and O–H groups in total. The number of aromatic hydroxyl groups is 2. The Morgan fingerprint density at radius 3 is 2.58 bits per heavy atom. The van der Waals surface area contributed by atoms with Crippen molar-refractivity contribution in [3.05, 3.63) is 45.1 Å². The number of fused-ring (bicyclic) bond motifs is 5. The van der Waals surface area contributed by atoms with Gasteiger partial charge in [0.25, 0.3) is 0 Å². The molecular formula is C26H24O7. The Kier molecular flexibility index (Phi) is 3.67. The first-order valence-electron chi connectivity index (χ1n) is 10.9. The molecular weight excluding hydrogens is 424 g/mol. The molecule has 6 rings (SSSR count). The number of rotatable bonds is 1. The van der Waals surface area contributed by atoms with Crippen molar-refractivity contribution < 1.29 is 28.8 Å². The number of phenolic OH excluding ortho intramolecular Hbond substituents is 2. The highest BCUT2D eigenvalue weighted by Crippen LogP contribution is 2.60. The molecule has 3 aliphatic rings. The number of ether oxygens (including phenoxy) is 3. The highest BCUT2D eigenvalue weighted by atomic mass is 16.5. The van der Waals surface area contributed by atoms with Crippen LogP contribution in [0.1, 0.15) is 50.3 Å². The number of hydrogen-bond donors (Lipinski definition) is 2. The van der Waals surface area contributed by atoms with Crippen molar-refractivity contribution in [1.29, 1.82) is 0 Å². The van der Waals surface area contributed by atoms with Crippen LogP contribution in [0.3, 0.4) is 0 Å². The Labute approximate surface area is 189 Å². The zero-order valence-electron chi connectivity index (χ0n) is 19.0. The van der Waals surface area contributed by atoms with E-state index in [1.807, 2.05) is 39.8 Å². The lowest BCUT2D eigenvalue weighted by Gasteiger charge is -2.31. The normalized spacial score (nSPS) is 20.5. The van der Waals surface area contributed by atoms with E-state index in [0.717, 1.165) is 5.56 Å². The maximum Gasteiger partial charge on any atom is 0.200 e. The Morgan fingerprint density at radius 2 is 1.85 bits per heavy atom. The fourth-order valence-corrected chi connectivity index (χ4v) is 5.32. The molecule has 0 spiro atoms. The molecule has 0 saturated heterocycles. The third-order valence-corrected chi connectivity index (χ3v) is 6.93. The molecule has 1 aliphatic carbocycles. The summed E-state index contributed by atoms with van der Waals surface area (Å²) in [5, 5.41) is 21.9. The minimum absolute atomic E-state index is 0.0534. The van der Waals surface area contributed by atoms with Gasteiger partial charge in [0.15, 0.2) is 22.5 Å². The monoisotopic (exact) mass is 448 g/mol. The van der Waals surface area contributed by atoms with Gasteiger partial charge in [0.1, 0.15) is 39.6 Å². The molecule has 1 atom stereocenters. The van der Waals surface area contributed by atoms with E-state index in [1.54, 1.807) is 0 Å². The Morgan fingerprint density at radius 1 is 1.09 bits per heavy atom. The molecule has 0 radical (unpaired) electrons. The molecule has 0 bridgehead atoms. The molecule has 7 heteroatoms. The molecule has 0 fully saturated rings. The van der Waals surface area contributed by atoms with Crippen molar-refractivity contribution in [2.45, 2.75) is 51.2 Å². The zero-order valence-corrected chi connectivity index (χ0v) is 19.0. The van der Waals surface area contributed by atoms with Crippen LogP contribution in [-0.2, 0) is 6.42 Å². The van der Waals surface area contributed by atoms with Gasteiger partial charge >= 0.3 is 0 Å². The Balaban J connectivity index is 1.73. The average Bonchev–Trinajstić information content (AvgIpc) is 3.00. The van der Waals surface area contributed by atoms with Crippen LogP contribution in [0, 0.1) is 0 Å². The first kappa shape index (κ1) is 20.0. The molecule has 3 aromatic rings. The van der Waals surface area contributed by atoms with Gasteiger partial charge in [-0.2, -0.15) is 0 Å². The van der Waals surface area contributed by atoms with Crippen LogP contribution in [0.2, 0.25) is 0 Å². The molecule has 1 aromatic heterocycles. The van der Waals surface area contributed by atoms with Gasteiger partial charge in [-0.05, 0) is 46.3 Å². The minimum atomic E-state index is -0.628. The van der Waals surface area contributed by atoms with Crippen molar-refractivity contribution in [2.75, 3.05) is 7.11 Å². The van der Waals surface area contributed by atoms with E-state index in [0.29, 0.717) is 40.4 Å². The van der Waals surface area contributed by atoms with Gasteiger partial charge in [-0.15, -0.1) is 0 Å². The molecule has 2 aromatic carbocycles. The number of phenols is 2. The smallest absolute Gasteiger partial charge is 0.200 e. The van der Waals surface area contributed by atoms with Crippen molar-refractivity contribution in [2.24, 2.45) is 0 Å². The van der Waals surface area contributed by atoms with Gasteiger partial charge in [-0.3, -0.25) is 4.79 Å². The fourth-order valence-electron chi connectivity index (χ4n) is 5.32. The standard InChI is InChI=1S/C26H24O7/c1-25(2)7-6-11-16(32-25)9-15(28)20-21(29)12-8-13-18-19(23(12)31-22(11)20)14(27)10-17(30-5)24(18)33-26(13,3)4/h6-7,9-10,13,27-28H,8H2,1-5H3/t13-/m1/s1. The van der Waals surface area contributed by atoms with Crippen LogP contribution in [0.4, 0.5) is 0 Å². The lowest BCUT2D eigenvalue weighted by Crippen LogP contribution is -2.34. The van der Waals surface area contributed by atoms with Crippen molar-refractivity contribution in [3.63, 3.8) is 0 Å². The second kappa shape index (κ2) is 6.04. The van der Waals surface area contributed by atoms with Gasteiger partial charge in [0.05, 0.1) is 18.2 Å². The summed E-state index contributed by atoms with van der Waals surface area (Å²) in [4.78, 5) is 13.7. The quantitative estimate of drug-likeness (QED) is 0.548. The minimum Gasteiger partial charge on any atom is -0.507 e. The summed E-state index contributed by atoms with van der Waals surface area (Å²) in [5.74, 6) is 1.25. The lowest BCUT2D eigenvalue weighted by atomic mass is 9.75. The molecule has 0 saturated carbocycles. The van der Waals surface area contributed by atoms with E-state index >= 15 is 0 Å². The molecule has 7 nitrogen and oxygen atoms in total. The van der Waals surface area contributed by atoms with Gasteiger partial charge in [-0.1, -0.05) is 0 Å². The molecule has 33 heavy (non-hydrogen) atoms. The largest absolute Gasteiger partial charge is 0.507 e. The highest BCUT2D eigenvalue weighted by Gasteiger charge is 2.49. The van der Waals surface area contributed by atoms with E-state index in [-0.39, 0.29) is 39.6 Å². The Bertz CT molecular complexity index is 1470. The van der Waals surface area contributed by atoms with E-state index in [9.17, 15) is 15.0 Å². The predicted molar refractivity (Wildman–Crippen MR) is 123 cm³/mol. The summed E-state index contributed by atoms with van der Waals surface area (Å²) in [6.45, 7) is 7.70. The number of methoxy groups -OCH3 is 1. The maximum absolute atomic E-state index is 13.7. The third kappa shape index (κ3) is 2.53. The predicted octanol–water partition coefficient (Wildman–Crippen LogP) is 4.87. The van der Waals surface area contributed by atoms with Gasteiger partial charge < -0.3 is 28.8 Å². The second-order valence-electron chi connectivity index (χ2n) is 9.97. The lowest BCUT2D eigenvalue weighted by molar-refractivity contribution is 0.106. The molecule has 0 amide bonds. The van der Waals surface area contributed by atoms with Crippen LogP contribution in [0.5, 0.6) is 28.7 Å². The molecule has 0 unspecified atom stereocenters. The summed E-state index contributed by atoms with van der Waals surface area (Å²) < 4.78 is 24.0. The van der Waals surface area contributed by atoms with Crippen LogP contribution in [-0.4, -0.2) is 28.5 Å². The summed E-state index contributed by atoms with van der Waals surface area (Å²) in [5.41, 5.74) is 0.889. The van der Waals surface area contributed by atoms with Crippen LogP contribution in [0.25, 0.3) is 28.4 Å². The Hall–Kier alpha value is -3.61. The van der Waals surface area contributed by atoms with E-state index in [4.69, 9.17) is 18.6 Å². The topological polar surface area (TPSA) is 98.4 Å².